The lowest BCUT2D eigenvalue weighted by molar-refractivity contribution is 0.169. The van der Waals surface area contributed by atoms with E-state index in [0.717, 1.165) is 18.8 Å². The summed E-state index contributed by atoms with van der Waals surface area (Å²) in [5, 5.41) is 0. The highest BCUT2D eigenvalue weighted by Gasteiger charge is 2.27. The fourth-order valence-corrected chi connectivity index (χ4v) is 2.72. The Morgan fingerprint density at radius 3 is 2.81 bits per heavy atom. The minimum Gasteiger partial charge on any atom is -0.244 e. The number of rotatable bonds is 4. The monoisotopic (exact) mass is 226 g/mol. The third kappa shape index (κ3) is 5.14. The van der Waals surface area contributed by atoms with Crippen molar-refractivity contribution in [3.8, 4) is 0 Å². The molecule has 1 aliphatic rings. The van der Waals surface area contributed by atoms with Crippen LogP contribution in [-0.2, 0) is 0 Å². The van der Waals surface area contributed by atoms with Crippen molar-refractivity contribution in [2.75, 3.05) is 0 Å². The quantitative estimate of drug-likeness (QED) is 0.571. The molecule has 94 valence electrons. The van der Waals surface area contributed by atoms with Crippen LogP contribution in [0.1, 0.15) is 66.2 Å². The number of hydrogen-bond donors (Lipinski definition) is 0. The van der Waals surface area contributed by atoms with Crippen molar-refractivity contribution >= 4 is 0 Å². The molecule has 1 rings (SSSR count). The molecule has 0 aromatic rings. The van der Waals surface area contributed by atoms with Gasteiger partial charge < -0.3 is 0 Å². The molecule has 0 nitrogen and oxygen atoms in total. The van der Waals surface area contributed by atoms with E-state index in [1.165, 1.54) is 24.8 Å². The predicted octanol–water partition coefficient (Wildman–Crippen LogP) is 5.29. The van der Waals surface area contributed by atoms with Gasteiger partial charge in [0.1, 0.15) is 5.67 Å². The molecule has 0 fully saturated rings. The predicted molar refractivity (Wildman–Crippen MR) is 69.3 cm³/mol. The first-order chi connectivity index (χ1) is 7.39. The Morgan fingerprint density at radius 1 is 1.50 bits per heavy atom. The summed E-state index contributed by atoms with van der Waals surface area (Å²) < 4.78 is 14.0. The van der Waals surface area contributed by atoms with Gasteiger partial charge in [0.25, 0.3) is 0 Å². The van der Waals surface area contributed by atoms with E-state index in [4.69, 9.17) is 0 Å². The maximum absolute atomic E-state index is 14.0. The van der Waals surface area contributed by atoms with Crippen LogP contribution in [0.15, 0.2) is 11.6 Å². The van der Waals surface area contributed by atoms with Crippen molar-refractivity contribution in [1.82, 2.24) is 0 Å². The van der Waals surface area contributed by atoms with Gasteiger partial charge in [-0.2, -0.15) is 0 Å². The lowest BCUT2D eigenvalue weighted by Crippen LogP contribution is -2.17. The Kier molecular flexibility index (Phi) is 5.01. The first-order valence-electron chi connectivity index (χ1n) is 6.75. The molecule has 1 heteroatoms. The Morgan fingerprint density at radius 2 is 2.19 bits per heavy atom. The largest absolute Gasteiger partial charge is 0.244 e. The first-order valence-corrected chi connectivity index (χ1v) is 6.75. The fourth-order valence-electron chi connectivity index (χ4n) is 2.72. The molecule has 0 radical (unpaired) electrons. The van der Waals surface area contributed by atoms with Gasteiger partial charge in [-0.1, -0.05) is 38.3 Å². The zero-order chi connectivity index (χ0) is 12.2. The molecule has 0 bridgehead atoms. The molecular formula is C15H27F. The number of alkyl halides is 1. The van der Waals surface area contributed by atoms with Crippen LogP contribution in [0, 0.1) is 11.8 Å². The van der Waals surface area contributed by atoms with Crippen molar-refractivity contribution in [3.05, 3.63) is 11.6 Å². The normalized spacial score (nSPS) is 31.4. The van der Waals surface area contributed by atoms with Gasteiger partial charge in [-0.3, -0.25) is 0 Å². The molecule has 0 aliphatic heterocycles. The van der Waals surface area contributed by atoms with Crippen LogP contribution in [0.2, 0.25) is 0 Å². The summed E-state index contributed by atoms with van der Waals surface area (Å²) in [4.78, 5) is 0. The van der Waals surface area contributed by atoms with E-state index in [0.29, 0.717) is 12.3 Å². The van der Waals surface area contributed by atoms with Gasteiger partial charge in [-0.15, -0.1) is 0 Å². The molecule has 0 aromatic heterocycles. The molecule has 0 N–H and O–H groups in total. The maximum Gasteiger partial charge on any atom is 0.112 e. The van der Waals surface area contributed by atoms with Gasteiger partial charge in [-0.05, 0) is 44.9 Å². The molecule has 0 spiro atoms. The van der Waals surface area contributed by atoms with Crippen molar-refractivity contribution < 1.29 is 4.39 Å². The summed E-state index contributed by atoms with van der Waals surface area (Å²) in [5.41, 5.74) is 0.282. The molecular weight excluding hydrogens is 199 g/mol. The lowest BCUT2D eigenvalue weighted by Gasteiger charge is -2.18. The van der Waals surface area contributed by atoms with Gasteiger partial charge in [0.2, 0.25) is 0 Å². The van der Waals surface area contributed by atoms with E-state index < -0.39 is 5.67 Å². The zero-order valence-corrected chi connectivity index (χ0v) is 11.4. The molecule has 16 heavy (non-hydrogen) atoms. The highest BCUT2D eigenvalue weighted by Crippen LogP contribution is 2.34. The summed E-state index contributed by atoms with van der Waals surface area (Å²) in [6.07, 6.45) is 8.55. The van der Waals surface area contributed by atoms with Gasteiger partial charge in [0.15, 0.2) is 0 Å². The number of allylic oxidation sites excluding steroid dienone is 2. The third-order valence-electron chi connectivity index (χ3n) is 3.56. The Bertz CT molecular complexity index is 238. The van der Waals surface area contributed by atoms with E-state index in [1.807, 2.05) is 0 Å². The van der Waals surface area contributed by atoms with Crippen LogP contribution >= 0.6 is 0 Å². The molecule has 0 saturated carbocycles. The van der Waals surface area contributed by atoms with E-state index >= 15 is 0 Å². The Hall–Kier alpha value is -0.330. The van der Waals surface area contributed by atoms with Gasteiger partial charge >= 0.3 is 0 Å². The highest BCUT2D eigenvalue weighted by atomic mass is 19.1. The average Bonchev–Trinajstić information content (AvgIpc) is 2.23. The average molecular weight is 226 g/mol. The SMILES string of the molecule is CC1=CC(CCCC(C)C)CC[C@@](C)(F)C1. The summed E-state index contributed by atoms with van der Waals surface area (Å²) in [7, 11) is 0. The van der Waals surface area contributed by atoms with E-state index in [-0.39, 0.29) is 0 Å². The summed E-state index contributed by atoms with van der Waals surface area (Å²) >= 11 is 0. The summed E-state index contributed by atoms with van der Waals surface area (Å²) in [5.74, 6) is 1.42. The van der Waals surface area contributed by atoms with Crippen molar-refractivity contribution in [1.29, 1.82) is 0 Å². The summed E-state index contributed by atoms with van der Waals surface area (Å²) in [6, 6.07) is 0. The van der Waals surface area contributed by atoms with Crippen LogP contribution in [-0.4, -0.2) is 5.67 Å². The Labute approximate surface area is 100 Å². The molecule has 0 saturated heterocycles. The smallest absolute Gasteiger partial charge is 0.112 e. The minimum absolute atomic E-state index is 0.622. The molecule has 2 atom stereocenters. The van der Waals surface area contributed by atoms with E-state index in [9.17, 15) is 4.39 Å². The second kappa shape index (κ2) is 5.84. The van der Waals surface area contributed by atoms with Crippen LogP contribution in [0.3, 0.4) is 0 Å². The first kappa shape index (κ1) is 13.7. The Balaban J connectivity index is 2.41. The zero-order valence-electron chi connectivity index (χ0n) is 11.4. The lowest BCUT2D eigenvalue weighted by atomic mass is 9.92. The number of halogens is 1. The molecule has 0 amide bonds. The third-order valence-corrected chi connectivity index (χ3v) is 3.56. The standard InChI is InChI=1S/C15H27F/c1-12(2)6-5-7-14-8-9-15(4,16)11-13(3)10-14/h10,12,14H,5-9,11H2,1-4H3/t14?,15-/m1/s1. The van der Waals surface area contributed by atoms with Gasteiger partial charge in [-0.25, -0.2) is 4.39 Å². The van der Waals surface area contributed by atoms with Crippen molar-refractivity contribution in [3.63, 3.8) is 0 Å². The van der Waals surface area contributed by atoms with Gasteiger partial charge in [0.05, 0.1) is 0 Å². The second-order valence-corrected chi connectivity index (χ2v) is 6.23. The molecule has 1 aliphatic carbocycles. The maximum atomic E-state index is 14.0. The van der Waals surface area contributed by atoms with Crippen molar-refractivity contribution in [2.24, 2.45) is 11.8 Å². The topological polar surface area (TPSA) is 0 Å². The van der Waals surface area contributed by atoms with Crippen LogP contribution in [0.25, 0.3) is 0 Å². The van der Waals surface area contributed by atoms with E-state index in [1.54, 1.807) is 6.92 Å². The number of hydrogen-bond acceptors (Lipinski definition) is 0. The van der Waals surface area contributed by atoms with Crippen LogP contribution in [0.5, 0.6) is 0 Å². The van der Waals surface area contributed by atoms with Gasteiger partial charge in [0, 0.05) is 6.42 Å². The highest BCUT2D eigenvalue weighted by molar-refractivity contribution is 5.08. The second-order valence-electron chi connectivity index (χ2n) is 6.23. The molecule has 0 heterocycles. The van der Waals surface area contributed by atoms with Crippen LogP contribution in [0.4, 0.5) is 4.39 Å². The van der Waals surface area contributed by atoms with E-state index in [2.05, 4.69) is 26.8 Å². The fraction of sp³-hybridized carbons (Fsp3) is 0.867. The molecule has 1 unspecified atom stereocenters. The van der Waals surface area contributed by atoms with Crippen LogP contribution < -0.4 is 0 Å². The van der Waals surface area contributed by atoms with Crippen molar-refractivity contribution in [2.45, 2.75) is 71.9 Å². The summed E-state index contributed by atoms with van der Waals surface area (Å²) in [6.45, 7) is 8.37. The minimum atomic E-state index is -0.965. The molecule has 0 aromatic carbocycles.